The first-order valence-corrected chi connectivity index (χ1v) is 7.37. The van der Waals surface area contributed by atoms with Gasteiger partial charge >= 0.3 is 0 Å². The van der Waals surface area contributed by atoms with Crippen LogP contribution in [0.5, 0.6) is 0 Å². The molecule has 2 aliphatic heterocycles. The molecule has 0 unspecified atom stereocenters. The molecule has 21 heavy (non-hydrogen) atoms. The van der Waals surface area contributed by atoms with E-state index >= 15 is 0 Å². The highest BCUT2D eigenvalue weighted by Gasteiger charge is 2.35. The first-order valence-electron chi connectivity index (χ1n) is 7.37. The molecule has 6 heteroatoms. The summed E-state index contributed by atoms with van der Waals surface area (Å²) in [6, 6.07) is 6.50. The summed E-state index contributed by atoms with van der Waals surface area (Å²) in [7, 11) is 0. The molecule has 0 amide bonds. The maximum absolute atomic E-state index is 9.22. The number of hydrogen-bond acceptors (Lipinski definition) is 6. The van der Waals surface area contributed by atoms with Crippen molar-refractivity contribution in [1.82, 2.24) is 9.88 Å². The molecule has 2 atom stereocenters. The lowest BCUT2D eigenvalue weighted by Gasteiger charge is -2.47. The Labute approximate surface area is 124 Å². The number of nitriles is 1. The van der Waals surface area contributed by atoms with E-state index in [0.717, 1.165) is 44.7 Å². The maximum Gasteiger partial charge on any atom is 0.146 e. The number of nitrogens with zero attached hydrogens (tertiary/aromatic N) is 5. The van der Waals surface area contributed by atoms with E-state index in [1.54, 1.807) is 18.5 Å². The lowest BCUT2D eigenvalue weighted by atomic mass is 9.94. The fourth-order valence-corrected chi connectivity index (χ4v) is 3.46. The van der Waals surface area contributed by atoms with Gasteiger partial charge in [-0.15, -0.1) is 5.16 Å². The van der Waals surface area contributed by atoms with Crippen molar-refractivity contribution in [2.24, 2.45) is 5.16 Å². The topological polar surface area (TPSA) is 75.8 Å². The van der Waals surface area contributed by atoms with Gasteiger partial charge in [0.15, 0.2) is 0 Å². The summed E-state index contributed by atoms with van der Waals surface area (Å²) in [6.45, 7) is 2.63. The van der Waals surface area contributed by atoms with Crippen molar-refractivity contribution in [3.8, 4) is 6.07 Å². The summed E-state index contributed by atoms with van der Waals surface area (Å²) >= 11 is 0. The summed E-state index contributed by atoms with van der Waals surface area (Å²) < 4.78 is 0. The Balaban J connectivity index is 1.77. The molecule has 3 rings (SSSR count). The molecule has 110 valence electrons. The van der Waals surface area contributed by atoms with Gasteiger partial charge < -0.3 is 10.1 Å². The molecular weight excluding hydrogens is 266 g/mol. The van der Waals surface area contributed by atoms with Crippen LogP contribution in [0, 0.1) is 11.3 Å². The minimum atomic E-state index is 0.232. The Morgan fingerprint density at radius 2 is 2.33 bits per heavy atom. The summed E-state index contributed by atoms with van der Waals surface area (Å²) in [5, 5.41) is 21.2. The third kappa shape index (κ3) is 2.69. The molecule has 0 radical (unpaired) electrons. The fourth-order valence-electron chi connectivity index (χ4n) is 3.46. The molecule has 2 aliphatic rings. The predicted octanol–water partition coefficient (Wildman–Crippen LogP) is 1.46. The minimum absolute atomic E-state index is 0.232. The molecule has 0 aromatic carbocycles. The lowest BCUT2D eigenvalue weighted by Crippen LogP contribution is -2.59. The van der Waals surface area contributed by atoms with Gasteiger partial charge in [0.2, 0.25) is 0 Å². The Hall–Kier alpha value is -2.13. The normalized spacial score (nSPS) is 26.5. The molecule has 0 bridgehead atoms. The third-order valence-electron chi connectivity index (χ3n) is 4.44. The molecule has 0 aliphatic carbocycles. The number of piperidine rings is 1. The Morgan fingerprint density at radius 3 is 3.14 bits per heavy atom. The average Bonchev–Trinajstić information content (AvgIpc) is 2.55. The molecule has 6 nitrogen and oxygen atoms in total. The number of hydrogen-bond donors (Lipinski definition) is 1. The zero-order chi connectivity index (χ0) is 14.7. The molecule has 3 heterocycles. The molecule has 1 aromatic heterocycles. The Kier molecular flexibility index (Phi) is 4.02. The van der Waals surface area contributed by atoms with Crippen LogP contribution in [0.3, 0.4) is 0 Å². The monoisotopic (exact) mass is 285 g/mol. The second-order valence-electron chi connectivity index (χ2n) is 5.59. The van der Waals surface area contributed by atoms with Gasteiger partial charge in [-0.1, -0.05) is 0 Å². The van der Waals surface area contributed by atoms with Crippen molar-refractivity contribution in [3.05, 3.63) is 23.9 Å². The first-order chi connectivity index (χ1) is 10.3. The standard InChI is InChI=1S/C15H19N5O/c16-9-12-3-2-6-17-15(12)19-7-8-20-13(10-18-21)4-1-5-14(20)11-19/h2-3,6,10,13-14,21H,1,4-5,7-8,11H2/b18-10+/t13-,14+/m1/s1. The van der Waals surface area contributed by atoms with Gasteiger partial charge in [-0.25, -0.2) is 4.98 Å². The molecule has 2 fully saturated rings. The van der Waals surface area contributed by atoms with Crippen LogP contribution >= 0.6 is 0 Å². The van der Waals surface area contributed by atoms with E-state index in [2.05, 4.69) is 26.0 Å². The Morgan fingerprint density at radius 1 is 1.43 bits per heavy atom. The zero-order valence-electron chi connectivity index (χ0n) is 11.9. The minimum Gasteiger partial charge on any atom is -0.411 e. The highest BCUT2D eigenvalue weighted by atomic mass is 16.4. The summed E-state index contributed by atoms with van der Waals surface area (Å²) in [5.74, 6) is 0.789. The van der Waals surface area contributed by atoms with Gasteiger partial charge in [0.25, 0.3) is 0 Å². The second-order valence-corrected chi connectivity index (χ2v) is 5.59. The number of pyridine rings is 1. The Bertz CT molecular complexity index is 567. The number of rotatable bonds is 2. The van der Waals surface area contributed by atoms with Crippen molar-refractivity contribution >= 4 is 12.0 Å². The second kappa shape index (κ2) is 6.10. The summed E-state index contributed by atoms with van der Waals surface area (Å²) in [4.78, 5) is 9.00. The zero-order valence-corrected chi connectivity index (χ0v) is 11.9. The predicted molar refractivity (Wildman–Crippen MR) is 79.6 cm³/mol. The van der Waals surface area contributed by atoms with Crippen molar-refractivity contribution in [2.45, 2.75) is 31.3 Å². The van der Waals surface area contributed by atoms with Gasteiger partial charge in [0.1, 0.15) is 11.9 Å². The van der Waals surface area contributed by atoms with Gasteiger partial charge in [-0.2, -0.15) is 5.26 Å². The number of fused-ring (bicyclic) bond motifs is 1. The van der Waals surface area contributed by atoms with Crippen LogP contribution in [0.2, 0.25) is 0 Å². The SMILES string of the molecule is N#Cc1cccnc1N1CCN2[C@@H](CCC[C@@H]2/C=N/O)C1. The van der Waals surface area contributed by atoms with Gasteiger partial charge in [0, 0.05) is 37.9 Å². The fraction of sp³-hybridized carbons (Fsp3) is 0.533. The number of piperazine rings is 1. The van der Waals surface area contributed by atoms with Crippen LogP contribution in [0.1, 0.15) is 24.8 Å². The van der Waals surface area contributed by atoms with E-state index < -0.39 is 0 Å². The van der Waals surface area contributed by atoms with Gasteiger partial charge in [-0.05, 0) is 31.4 Å². The largest absolute Gasteiger partial charge is 0.411 e. The van der Waals surface area contributed by atoms with Crippen LogP contribution < -0.4 is 4.90 Å². The van der Waals surface area contributed by atoms with Crippen LogP contribution in [0.15, 0.2) is 23.5 Å². The van der Waals surface area contributed by atoms with Crippen molar-refractivity contribution in [1.29, 1.82) is 5.26 Å². The van der Waals surface area contributed by atoms with Crippen molar-refractivity contribution in [2.75, 3.05) is 24.5 Å². The smallest absolute Gasteiger partial charge is 0.146 e. The average molecular weight is 285 g/mol. The summed E-state index contributed by atoms with van der Waals surface area (Å²) in [5.41, 5.74) is 0.634. The van der Waals surface area contributed by atoms with E-state index in [1.165, 1.54) is 0 Å². The molecule has 1 aromatic rings. The molecule has 2 saturated heterocycles. The molecule has 1 N–H and O–H groups in total. The van der Waals surface area contributed by atoms with E-state index in [-0.39, 0.29) is 6.04 Å². The van der Waals surface area contributed by atoms with Crippen molar-refractivity contribution < 1.29 is 5.21 Å². The lowest BCUT2D eigenvalue weighted by molar-refractivity contribution is 0.106. The highest BCUT2D eigenvalue weighted by Crippen LogP contribution is 2.28. The van der Waals surface area contributed by atoms with E-state index in [1.807, 2.05) is 6.07 Å². The highest BCUT2D eigenvalue weighted by molar-refractivity contribution is 5.64. The quantitative estimate of drug-likeness (QED) is 0.506. The summed E-state index contributed by atoms with van der Waals surface area (Å²) in [6.07, 6.45) is 6.71. The van der Waals surface area contributed by atoms with Crippen LogP contribution in [-0.4, -0.2) is 53.0 Å². The molecular formula is C15H19N5O. The van der Waals surface area contributed by atoms with Crippen LogP contribution in [0.25, 0.3) is 0 Å². The number of oxime groups is 1. The van der Waals surface area contributed by atoms with E-state index in [0.29, 0.717) is 11.6 Å². The van der Waals surface area contributed by atoms with Crippen LogP contribution in [-0.2, 0) is 0 Å². The maximum atomic E-state index is 9.22. The van der Waals surface area contributed by atoms with Crippen molar-refractivity contribution in [3.63, 3.8) is 0 Å². The van der Waals surface area contributed by atoms with Crippen LogP contribution in [0.4, 0.5) is 5.82 Å². The number of aromatic nitrogens is 1. The van der Waals surface area contributed by atoms with E-state index in [9.17, 15) is 5.26 Å². The third-order valence-corrected chi connectivity index (χ3v) is 4.44. The number of anilines is 1. The van der Waals surface area contributed by atoms with Gasteiger partial charge in [-0.3, -0.25) is 4.90 Å². The molecule has 0 spiro atoms. The first kappa shape index (κ1) is 13.8. The van der Waals surface area contributed by atoms with E-state index in [4.69, 9.17) is 5.21 Å². The van der Waals surface area contributed by atoms with Gasteiger partial charge in [0.05, 0.1) is 11.8 Å². The molecule has 0 saturated carbocycles.